The second-order valence-electron chi connectivity index (χ2n) is 5.60. The summed E-state index contributed by atoms with van der Waals surface area (Å²) >= 11 is 0. The van der Waals surface area contributed by atoms with Gasteiger partial charge in [-0.1, -0.05) is 54.6 Å². The Labute approximate surface area is 165 Å². The molecule has 3 atom stereocenters. The Hall–Kier alpha value is -1.71. The highest BCUT2D eigenvalue weighted by Gasteiger charge is 2.30. The molecule has 28 heavy (non-hydrogen) atoms. The van der Waals surface area contributed by atoms with Crippen LogP contribution in [-0.4, -0.2) is 7.32 Å². The minimum absolute atomic E-state index is 0.448. The van der Waals surface area contributed by atoms with Crippen LogP contribution in [0.25, 0.3) is 0 Å². The van der Waals surface area contributed by atoms with Crippen LogP contribution in [0.5, 0.6) is 0 Å². The molecule has 6 nitrogen and oxygen atoms in total. The van der Waals surface area contributed by atoms with E-state index in [1.165, 1.54) is 0 Å². The molecular weight excluding hydrogens is 416 g/mol. The van der Waals surface area contributed by atoms with Gasteiger partial charge in [0, 0.05) is 15.9 Å². The molecule has 3 aromatic carbocycles. The largest absolute Gasteiger partial charge is 0.655 e. The zero-order chi connectivity index (χ0) is 19.8. The van der Waals surface area contributed by atoms with E-state index in [1.807, 2.05) is 0 Å². The average molecular weight is 434 g/mol. The lowest BCUT2D eigenvalue weighted by molar-refractivity contribution is 0.330. The van der Waals surface area contributed by atoms with Crippen LogP contribution in [0, 0.1) is 0 Å². The van der Waals surface area contributed by atoms with E-state index in [0.717, 1.165) is 0 Å². The van der Waals surface area contributed by atoms with Gasteiger partial charge in [0.15, 0.2) is 0 Å². The van der Waals surface area contributed by atoms with Crippen molar-refractivity contribution in [2.24, 2.45) is 0 Å². The van der Waals surface area contributed by atoms with E-state index in [2.05, 4.69) is 0 Å². The monoisotopic (exact) mass is 434 g/mol. The molecule has 144 valence electrons. The Morgan fingerprint density at radius 1 is 0.464 bits per heavy atom. The summed E-state index contributed by atoms with van der Waals surface area (Å²) in [5, 5.41) is 1.34. The summed E-state index contributed by atoms with van der Waals surface area (Å²) in [6.07, 6.45) is 0. The standard InChI is InChI=1S/C18H18BO6P3/c20-26(16-10-4-1-5-11-16)23-19(24-27(21)17-12-6-2-7-13-17)25-28(22)18-14-8-3-9-15-18/h1-15,26-28H. The Morgan fingerprint density at radius 2 is 0.714 bits per heavy atom. The smallest absolute Gasteiger partial charge is 0.333 e. The molecule has 0 aliphatic heterocycles. The average Bonchev–Trinajstić information content (AvgIpc) is 2.75. The van der Waals surface area contributed by atoms with Gasteiger partial charge in [0.1, 0.15) is 0 Å². The van der Waals surface area contributed by atoms with Crippen LogP contribution >= 0.6 is 24.1 Å². The highest BCUT2D eigenvalue weighted by molar-refractivity contribution is 7.53. The number of hydrogen-bond donors (Lipinski definition) is 0. The van der Waals surface area contributed by atoms with Gasteiger partial charge in [-0.05, 0) is 36.4 Å². The van der Waals surface area contributed by atoms with Crippen LogP contribution in [0.15, 0.2) is 91.0 Å². The third-order valence-corrected chi connectivity index (χ3v) is 7.27. The van der Waals surface area contributed by atoms with Gasteiger partial charge in [0.25, 0.3) is 0 Å². The summed E-state index contributed by atoms with van der Waals surface area (Å²) < 4.78 is 53.7. The summed E-state index contributed by atoms with van der Waals surface area (Å²) in [5.41, 5.74) is 0. The molecule has 0 aliphatic rings. The molecule has 3 unspecified atom stereocenters. The highest BCUT2D eigenvalue weighted by Crippen LogP contribution is 2.34. The summed E-state index contributed by atoms with van der Waals surface area (Å²) in [4.78, 5) is 0. The lowest BCUT2D eigenvalue weighted by atomic mass is 10.3. The molecule has 0 amide bonds. The normalized spacial score (nSPS) is 14.1. The van der Waals surface area contributed by atoms with Gasteiger partial charge in [0.05, 0.1) is 0 Å². The molecule has 0 spiro atoms. The summed E-state index contributed by atoms with van der Waals surface area (Å²) in [6.45, 7) is 0. The molecule has 3 rings (SSSR count). The molecule has 0 aliphatic carbocycles. The Kier molecular flexibility index (Phi) is 8.06. The minimum Gasteiger partial charge on any atom is -0.333 e. The molecule has 0 aromatic heterocycles. The van der Waals surface area contributed by atoms with Crippen molar-refractivity contribution in [3.63, 3.8) is 0 Å². The van der Waals surface area contributed by atoms with Crippen molar-refractivity contribution in [2.75, 3.05) is 0 Å². The molecule has 0 N–H and O–H groups in total. The first kappa shape index (κ1) is 21.0. The fourth-order valence-electron chi connectivity index (χ4n) is 2.26. The van der Waals surface area contributed by atoms with Crippen molar-refractivity contribution >= 4 is 47.3 Å². The van der Waals surface area contributed by atoms with Crippen molar-refractivity contribution in [3.05, 3.63) is 91.0 Å². The van der Waals surface area contributed by atoms with Crippen LogP contribution in [0.3, 0.4) is 0 Å². The topological polar surface area (TPSA) is 78.9 Å². The fourth-order valence-corrected chi connectivity index (χ4v) is 5.17. The summed E-state index contributed by atoms with van der Waals surface area (Å²) in [7, 11) is -9.89. The molecule has 0 bridgehead atoms. The Balaban J connectivity index is 1.76. The van der Waals surface area contributed by atoms with Gasteiger partial charge in [-0.25, -0.2) is 0 Å². The van der Waals surface area contributed by atoms with E-state index >= 15 is 0 Å². The van der Waals surface area contributed by atoms with E-state index in [9.17, 15) is 13.7 Å². The van der Waals surface area contributed by atoms with Gasteiger partial charge in [-0.2, -0.15) is 0 Å². The maximum atomic E-state index is 12.5. The van der Waals surface area contributed by atoms with E-state index in [0.29, 0.717) is 15.9 Å². The van der Waals surface area contributed by atoms with Crippen molar-refractivity contribution in [1.82, 2.24) is 0 Å². The second kappa shape index (κ2) is 10.7. The van der Waals surface area contributed by atoms with Crippen molar-refractivity contribution in [3.8, 4) is 0 Å². The molecule has 0 saturated carbocycles. The van der Waals surface area contributed by atoms with E-state index in [1.54, 1.807) is 91.0 Å². The molecule has 0 fully saturated rings. The van der Waals surface area contributed by atoms with Crippen LogP contribution in [0.2, 0.25) is 0 Å². The molecular formula is C18H18BO6P3. The van der Waals surface area contributed by atoms with Crippen molar-refractivity contribution in [2.45, 2.75) is 0 Å². The van der Waals surface area contributed by atoms with Crippen LogP contribution in [0.1, 0.15) is 0 Å². The quantitative estimate of drug-likeness (QED) is 0.380. The van der Waals surface area contributed by atoms with Crippen molar-refractivity contribution in [1.29, 1.82) is 0 Å². The Morgan fingerprint density at radius 3 is 0.964 bits per heavy atom. The maximum Gasteiger partial charge on any atom is 0.655 e. The molecule has 3 aromatic rings. The van der Waals surface area contributed by atoms with Gasteiger partial charge < -0.3 is 13.3 Å². The maximum absolute atomic E-state index is 12.5. The predicted octanol–water partition coefficient (Wildman–Crippen LogP) is 3.42. The van der Waals surface area contributed by atoms with Crippen LogP contribution in [-0.2, 0) is 27.0 Å². The van der Waals surface area contributed by atoms with E-state index in [-0.39, 0.29) is 0 Å². The molecule has 10 heteroatoms. The van der Waals surface area contributed by atoms with Crippen LogP contribution < -0.4 is 15.9 Å². The lowest BCUT2D eigenvalue weighted by Crippen LogP contribution is -2.23. The summed E-state index contributed by atoms with van der Waals surface area (Å²) in [6, 6.07) is 25.5. The van der Waals surface area contributed by atoms with Gasteiger partial charge in [-0.15, -0.1) is 0 Å². The van der Waals surface area contributed by atoms with Gasteiger partial charge in [-0.3, -0.25) is 13.7 Å². The molecule has 0 heterocycles. The molecule has 0 saturated heterocycles. The predicted molar refractivity (Wildman–Crippen MR) is 114 cm³/mol. The van der Waals surface area contributed by atoms with Gasteiger partial charge in [0.2, 0.25) is 24.1 Å². The van der Waals surface area contributed by atoms with Crippen LogP contribution in [0.4, 0.5) is 0 Å². The highest BCUT2D eigenvalue weighted by atomic mass is 31.1. The van der Waals surface area contributed by atoms with Crippen molar-refractivity contribution < 1.29 is 27.0 Å². The third kappa shape index (κ3) is 6.15. The fraction of sp³-hybridized carbons (Fsp3) is 0. The van der Waals surface area contributed by atoms with Gasteiger partial charge >= 0.3 is 7.32 Å². The SMILES string of the molecule is O=[PH](OB(O[PH](=O)c1ccccc1)O[PH](=O)c1ccccc1)c1ccccc1. The Bertz CT molecular complexity index is 830. The first-order valence-corrected chi connectivity index (χ1v) is 12.4. The first-order valence-electron chi connectivity index (χ1n) is 8.41. The third-order valence-electron chi connectivity index (χ3n) is 3.64. The number of benzene rings is 3. The first-order chi connectivity index (χ1) is 13.6. The van der Waals surface area contributed by atoms with E-state index < -0.39 is 31.4 Å². The number of hydrogen-bond acceptors (Lipinski definition) is 6. The zero-order valence-electron chi connectivity index (χ0n) is 14.7. The lowest BCUT2D eigenvalue weighted by Gasteiger charge is -2.14. The minimum atomic E-state index is -2.76. The molecule has 0 radical (unpaired) electrons. The van der Waals surface area contributed by atoms with E-state index in [4.69, 9.17) is 13.3 Å². The summed E-state index contributed by atoms with van der Waals surface area (Å²) in [5.74, 6) is 0. The second-order valence-corrected chi connectivity index (χ2v) is 9.77. The zero-order valence-corrected chi connectivity index (χ0v) is 17.7. The number of rotatable bonds is 9.